The van der Waals surface area contributed by atoms with Gasteiger partial charge in [-0.1, -0.05) is 30.3 Å². The van der Waals surface area contributed by atoms with E-state index in [4.69, 9.17) is 4.74 Å². The molecule has 0 aliphatic carbocycles. The van der Waals surface area contributed by atoms with E-state index < -0.39 is 15.9 Å². The molecule has 0 fully saturated rings. The van der Waals surface area contributed by atoms with Gasteiger partial charge in [-0.2, -0.15) is 0 Å². The van der Waals surface area contributed by atoms with Crippen molar-refractivity contribution in [3.05, 3.63) is 84.4 Å². The van der Waals surface area contributed by atoms with Gasteiger partial charge in [-0.05, 0) is 55.5 Å². The number of amides is 1. The third-order valence-corrected chi connectivity index (χ3v) is 5.48. The molecule has 0 heterocycles. The summed E-state index contributed by atoms with van der Waals surface area (Å²) < 4.78 is 32.7. The number of rotatable bonds is 8. The maximum atomic E-state index is 12.4. The maximum absolute atomic E-state index is 12.4. The van der Waals surface area contributed by atoms with Crippen molar-refractivity contribution in [2.24, 2.45) is 0 Å². The number of Topliss-reactive ketones (excluding diaryl/α,β-unsaturated/α-hetero) is 1. The Bertz CT molecular complexity index is 1140. The first-order chi connectivity index (χ1) is 14.3. The fourth-order valence-electron chi connectivity index (χ4n) is 2.60. The third kappa shape index (κ3) is 5.68. The molecule has 30 heavy (non-hydrogen) atoms. The van der Waals surface area contributed by atoms with E-state index in [2.05, 4.69) is 10.0 Å². The van der Waals surface area contributed by atoms with Crippen molar-refractivity contribution in [3.63, 3.8) is 0 Å². The zero-order valence-electron chi connectivity index (χ0n) is 16.2. The summed E-state index contributed by atoms with van der Waals surface area (Å²) in [6.45, 7) is 1.18. The summed E-state index contributed by atoms with van der Waals surface area (Å²) in [5.74, 6) is -0.154. The molecule has 0 saturated carbocycles. The minimum atomic E-state index is -3.73. The van der Waals surface area contributed by atoms with E-state index in [0.717, 1.165) is 0 Å². The minimum absolute atomic E-state index is 0.0733. The highest BCUT2D eigenvalue weighted by molar-refractivity contribution is 7.92. The van der Waals surface area contributed by atoms with Crippen molar-refractivity contribution in [1.82, 2.24) is 0 Å². The lowest BCUT2D eigenvalue weighted by Gasteiger charge is -2.10. The molecule has 154 valence electrons. The molecule has 0 unspecified atom stereocenters. The van der Waals surface area contributed by atoms with Gasteiger partial charge in [0.05, 0.1) is 4.90 Å². The normalized spacial score (nSPS) is 10.8. The molecule has 0 aromatic heterocycles. The van der Waals surface area contributed by atoms with Crippen molar-refractivity contribution in [3.8, 4) is 5.75 Å². The first-order valence-electron chi connectivity index (χ1n) is 9.05. The molecule has 0 bridgehead atoms. The van der Waals surface area contributed by atoms with Crippen LogP contribution in [0.3, 0.4) is 0 Å². The predicted octanol–water partition coefficient (Wildman–Crippen LogP) is 3.71. The van der Waals surface area contributed by atoms with Crippen LogP contribution in [0.5, 0.6) is 5.75 Å². The first kappa shape index (κ1) is 21.1. The quantitative estimate of drug-likeness (QED) is 0.537. The summed E-state index contributed by atoms with van der Waals surface area (Å²) in [5.41, 5.74) is 1.45. The Labute approximate surface area is 174 Å². The molecule has 3 rings (SSSR count). The summed E-state index contributed by atoms with van der Waals surface area (Å²) >= 11 is 0. The molecular weight excluding hydrogens is 404 g/mol. The molecule has 0 spiro atoms. The monoisotopic (exact) mass is 424 g/mol. The molecule has 0 radical (unpaired) electrons. The van der Waals surface area contributed by atoms with Gasteiger partial charge in [-0.25, -0.2) is 8.42 Å². The summed E-state index contributed by atoms with van der Waals surface area (Å²) in [6, 6.07) is 20.9. The van der Waals surface area contributed by atoms with Crippen LogP contribution in [-0.4, -0.2) is 26.7 Å². The van der Waals surface area contributed by atoms with Gasteiger partial charge in [0, 0.05) is 16.9 Å². The van der Waals surface area contributed by atoms with Gasteiger partial charge < -0.3 is 10.1 Å². The van der Waals surface area contributed by atoms with Crippen molar-refractivity contribution < 1.29 is 22.7 Å². The van der Waals surface area contributed by atoms with Gasteiger partial charge in [-0.15, -0.1) is 0 Å². The number of benzene rings is 3. The van der Waals surface area contributed by atoms with Gasteiger partial charge in [0.2, 0.25) is 0 Å². The van der Waals surface area contributed by atoms with E-state index in [1.54, 1.807) is 54.6 Å². The predicted molar refractivity (Wildman–Crippen MR) is 114 cm³/mol. The summed E-state index contributed by atoms with van der Waals surface area (Å²) in [5, 5.41) is 2.65. The van der Waals surface area contributed by atoms with E-state index in [-0.39, 0.29) is 17.3 Å². The Morgan fingerprint density at radius 1 is 0.867 bits per heavy atom. The van der Waals surface area contributed by atoms with Gasteiger partial charge in [0.1, 0.15) is 5.75 Å². The number of ether oxygens (including phenoxy) is 1. The number of para-hydroxylation sites is 1. The Morgan fingerprint density at radius 3 is 2.20 bits per heavy atom. The Balaban J connectivity index is 1.57. The second-order valence-electron chi connectivity index (χ2n) is 6.42. The van der Waals surface area contributed by atoms with Gasteiger partial charge in [-0.3, -0.25) is 14.3 Å². The Morgan fingerprint density at radius 2 is 1.53 bits per heavy atom. The van der Waals surface area contributed by atoms with Crippen molar-refractivity contribution >= 4 is 33.1 Å². The Kier molecular flexibility index (Phi) is 6.48. The lowest BCUT2D eigenvalue weighted by Crippen LogP contribution is -2.20. The Hall–Kier alpha value is -3.65. The van der Waals surface area contributed by atoms with Gasteiger partial charge >= 0.3 is 0 Å². The summed E-state index contributed by atoms with van der Waals surface area (Å²) in [4.78, 5) is 23.6. The zero-order valence-corrected chi connectivity index (χ0v) is 17.0. The average molecular weight is 424 g/mol. The van der Waals surface area contributed by atoms with Crippen LogP contribution in [0, 0.1) is 0 Å². The van der Waals surface area contributed by atoms with Crippen molar-refractivity contribution in [2.45, 2.75) is 11.8 Å². The number of anilines is 2. The number of nitrogens with one attached hydrogen (secondary N) is 2. The highest BCUT2D eigenvalue weighted by atomic mass is 32.2. The first-order valence-corrected chi connectivity index (χ1v) is 10.5. The molecule has 0 aliphatic rings. The van der Waals surface area contributed by atoms with E-state index in [1.165, 1.54) is 31.2 Å². The van der Waals surface area contributed by atoms with Crippen molar-refractivity contribution in [1.29, 1.82) is 0 Å². The second-order valence-corrected chi connectivity index (χ2v) is 8.10. The largest absolute Gasteiger partial charge is 0.484 e. The topological polar surface area (TPSA) is 102 Å². The van der Waals surface area contributed by atoms with Crippen molar-refractivity contribution in [2.75, 3.05) is 16.6 Å². The van der Waals surface area contributed by atoms with Crippen LogP contribution in [0.1, 0.15) is 17.3 Å². The summed E-state index contributed by atoms with van der Waals surface area (Å²) in [7, 11) is -3.73. The molecule has 2 N–H and O–H groups in total. The standard InChI is InChI=1S/C22H20N2O5S/c1-16(25)17-6-5-9-19(14-17)23-22(26)15-29-20-10-12-21(13-11-20)30(27,28)24-18-7-3-2-4-8-18/h2-14,24H,15H2,1H3,(H,23,26). The molecule has 0 aliphatic heterocycles. The van der Waals surface area contributed by atoms with Crippen LogP contribution in [-0.2, 0) is 14.8 Å². The molecule has 3 aromatic carbocycles. The number of ketones is 1. The highest BCUT2D eigenvalue weighted by Crippen LogP contribution is 2.19. The lowest BCUT2D eigenvalue weighted by molar-refractivity contribution is -0.118. The molecule has 7 nitrogen and oxygen atoms in total. The fraction of sp³-hybridized carbons (Fsp3) is 0.0909. The minimum Gasteiger partial charge on any atom is -0.484 e. The number of hydrogen-bond acceptors (Lipinski definition) is 5. The highest BCUT2D eigenvalue weighted by Gasteiger charge is 2.14. The van der Waals surface area contributed by atoms with E-state index in [1.807, 2.05) is 0 Å². The van der Waals surface area contributed by atoms with Gasteiger partial charge in [0.25, 0.3) is 15.9 Å². The SMILES string of the molecule is CC(=O)c1cccc(NC(=O)COc2ccc(S(=O)(=O)Nc3ccccc3)cc2)c1. The average Bonchev–Trinajstić information content (AvgIpc) is 2.73. The summed E-state index contributed by atoms with van der Waals surface area (Å²) in [6.07, 6.45) is 0. The van der Waals surface area contributed by atoms with Gasteiger partial charge in [0.15, 0.2) is 12.4 Å². The maximum Gasteiger partial charge on any atom is 0.262 e. The van der Waals surface area contributed by atoms with Crippen LogP contribution >= 0.6 is 0 Å². The molecular formula is C22H20N2O5S. The molecule has 0 atom stereocenters. The van der Waals surface area contributed by atoms with E-state index in [9.17, 15) is 18.0 Å². The lowest BCUT2D eigenvalue weighted by atomic mass is 10.1. The van der Waals surface area contributed by atoms with Crippen LogP contribution in [0.2, 0.25) is 0 Å². The molecule has 3 aromatic rings. The third-order valence-electron chi connectivity index (χ3n) is 4.08. The fourth-order valence-corrected chi connectivity index (χ4v) is 3.66. The van der Waals surface area contributed by atoms with Crippen LogP contribution in [0.15, 0.2) is 83.8 Å². The number of carbonyl (C=O) groups excluding carboxylic acids is 2. The number of sulfonamides is 1. The van der Waals surface area contributed by atoms with E-state index >= 15 is 0 Å². The van der Waals surface area contributed by atoms with Crippen LogP contribution in [0.4, 0.5) is 11.4 Å². The van der Waals surface area contributed by atoms with E-state index in [0.29, 0.717) is 22.7 Å². The smallest absolute Gasteiger partial charge is 0.262 e. The van der Waals surface area contributed by atoms with Crippen LogP contribution in [0.25, 0.3) is 0 Å². The number of hydrogen-bond donors (Lipinski definition) is 2. The zero-order chi connectivity index (χ0) is 21.6. The van der Waals surface area contributed by atoms with Crippen LogP contribution < -0.4 is 14.8 Å². The second kappa shape index (κ2) is 9.23. The molecule has 0 saturated heterocycles. The molecule has 1 amide bonds. The molecule has 8 heteroatoms. The number of carbonyl (C=O) groups is 2.